The molecule has 0 fully saturated rings. The molecule has 4 heteroatoms. The average Bonchev–Trinajstić information content (AvgIpc) is 2.13. The first-order valence-corrected chi connectivity index (χ1v) is 6.34. The van der Waals surface area contributed by atoms with Crippen molar-refractivity contribution < 1.29 is 8.95 Å². The maximum atomic E-state index is 11.3. The van der Waals surface area contributed by atoms with Gasteiger partial charge in [-0.3, -0.25) is 4.21 Å². The molecule has 0 aliphatic carbocycles. The molecule has 80 valence electrons. The molecular formula is C9H21NO2S. The summed E-state index contributed by atoms with van der Waals surface area (Å²) in [5.41, 5.74) is 0. The van der Waals surface area contributed by atoms with Crippen LogP contribution < -0.4 is 5.32 Å². The van der Waals surface area contributed by atoms with Crippen LogP contribution in [-0.4, -0.2) is 42.5 Å². The van der Waals surface area contributed by atoms with Crippen molar-refractivity contribution in [3.63, 3.8) is 0 Å². The van der Waals surface area contributed by atoms with Crippen molar-refractivity contribution in [3.8, 4) is 0 Å². The summed E-state index contributed by atoms with van der Waals surface area (Å²) in [6.45, 7) is 4.74. The third-order valence-corrected chi connectivity index (χ3v) is 3.06. The van der Waals surface area contributed by atoms with Gasteiger partial charge in [-0.2, -0.15) is 0 Å². The molecule has 0 amide bonds. The number of nitrogens with one attached hydrogen (secondary N) is 1. The molecular weight excluding hydrogens is 186 g/mol. The van der Waals surface area contributed by atoms with Gasteiger partial charge in [-0.1, -0.05) is 6.92 Å². The molecule has 13 heavy (non-hydrogen) atoms. The summed E-state index contributed by atoms with van der Waals surface area (Å²) < 4.78 is 16.2. The Hall–Kier alpha value is 0.0700. The van der Waals surface area contributed by atoms with Gasteiger partial charge in [-0.25, -0.2) is 0 Å². The molecule has 0 heterocycles. The van der Waals surface area contributed by atoms with Crippen molar-refractivity contribution in [2.24, 2.45) is 0 Å². The van der Waals surface area contributed by atoms with Gasteiger partial charge in [0.25, 0.3) is 0 Å². The number of ether oxygens (including phenoxy) is 1. The highest BCUT2D eigenvalue weighted by atomic mass is 32.2. The van der Waals surface area contributed by atoms with Crippen LogP contribution in [0.3, 0.4) is 0 Å². The molecule has 0 rings (SSSR count). The second kappa shape index (κ2) is 10.2. The molecule has 1 N–H and O–H groups in total. The largest absolute Gasteiger partial charge is 0.385 e. The number of rotatable bonds is 9. The molecule has 0 bridgehead atoms. The molecule has 0 saturated heterocycles. The molecule has 0 aliphatic rings. The first kappa shape index (κ1) is 13.1. The molecule has 1 atom stereocenters. The smallest absolute Gasteiger partial charge is 0.0471 e. The van der Waals surface area contributed by atoms with Crippen molar-refractivity contribution >= 4 is 10.8 Å². The minimum Gasteiger partial charge on any atom is -0.385 e. The van der Waals surface area contributed by atoms with Crippen LogP contribution in [0.25, 0.3) is 0 Å². The highest BCUT2D eigenvalue weighted by molar-refractivity contribution is 7.84. The van der Waals surface area contributed by atoms with E-state index in [0.29, 0.717) is 6.61 Å². The predicted molar refractivity (Wildman–Crippen MR) is 57.5 cm³/mol. The van der Waals surface area contributed by atoms with Gasteiger partial charge in [0.05, 0.1) is 0 Å². The van der Waals surface area contributed by atoms with E-state index in [1.807, 2.05) is 0 Å². The second-order valence-electron chi connectivity index (χ2n) is 2.94. The van der Waals surface area contributed by atoms with E-state index in [4.69, 9.17) is 4.74 Å². The zero-order chi connectivity index (χ0) is 9.94. The van der Waals surface area contributed by atoms with E-state index in [1.165, 1.54) is 0 Å². The molecule has 3 nitrogen and oxygen atoms in total. The average molecular weight is 207 g/mol. The molecule has 0 aromatic carbocycles. The third kappa shape index (κ3) is 9.99. The topological polar surface area (TPSA) is 38.3 Å². The maximum absolute atomic E-state index is 11.3. The Kier molecular flexibility index (Phi) is 10.2. The summed E-state index contributed by atoms with van der Waals surface area (Å²) in [5.74, 6) is 1.53. The first-order valence-electron chi connectivity index (χ1n) is 4.86. The fourth-order valence-corrected chi connectivity index (χ4v) is 1.97. The fraction of sp³-hybridized carbons (Fsp3) is 1.00. The van der Waals surface area contributed by atoms with Gasteiger partial charge in [0.1, 0.15) is 0 Å². The fourth-order valence-electron chi connectivity index (χ4n) is 0.954. The minimum absolute atomic E-state index is 0.667. The van der Waals surface area contributed by atoms with Crippen LogP contribution in [0.2, 0.25) is 0 Å². The van der Waals surface area contributed by atoms with Crippen LogP contribution in [0.4, 0.5) is 0 Å². The predicted octanol–water partition coefficient (Wildman–Crippen LogP) is 0.771. The zero-order valence-corrected chi connectivity index (χ0v) is 9.49. The lowest BCUT2D eigenvalue weighted by molar-refractivity contribution is 0.200. The highest BCUT2D eigenvalue weighted by Gasteiger charge is 1.98. The maximum Gasteiger partial charge on any atom is 0.0471 e. The van der Waals surface area contributed by atoms with Crippen molar-refractivity contribution in [3.05, 3.63) is 0 Å². The monoisotopic (exact) mass is 207 g/mol. The molecule has 0 aromatic rings. The lowest BCUT2D eigenvalue weighted by atomic mass is 10.5. The van der Waals surface area contributed by atoms with E-state index >= 15 is 0 Å². The number of hydrogen-bond acceptors (Lipinski definition) is 3. The van der Waals surface area contributed by atoms with Gasteiger partial charge in [-0.05, 0) is 19.4 Å². The molecule has 0 aliphatic heterocycles. The van der Waals surface area contributed by atoms with Crippen LogP contribution in [0.15, 0.2) is 0 Å². The Balaban J connectivity index is 3.11. The quantitative estimate of drug-likeness (QED) is 0.568. The van der Waals surface area contributed by atoms with Crippen LogP contribution in [0.1, 0.15) is 19.8 Å². The first-order chi connectivity index (χ1) is 6.31. The second-order valence-corrected chi connectivity index (χ2v) is 4.64. The lowest BCUT2D eigenvalue weighted by Gasteiger charge is -2.03. The van der Waals surface area contributed by atoms with Gasteiger partial charge in [0, 0.05) is 42.6 Å². The van der Waals surface area contributed by atoms with Crippen molar-refractivity contribution in [2.75, 3.05) is 38.3 Å². The van der Waals surface area contributed by atoms with E-state index in [9.17, 15) is 4.21 Å². The minimum atomic E-state index is -0.667. The summed E-state index contributed by atoms with van der Waals surface area (Å²) in [4.78, 5) is 0. The van der Waals surface area contributed by atoms with E-state index < -0.39 is 10.8 Å². The van der Waals surface area contributed by atoms with Crippen LogP contribution >= 0.6 is 0 Å². The Labute approximate surface area is 83.7 Å². The summed E-state index contributed by atoms with van der Waals surface area (Å²) in [6.07, 6.45) is 2.03. The Bertz CT molecular complexity index is 131. The standard InChI is InChI=1S/C9H21NO2S/c1-3-5-10-6-9-13(11)8-4-7-12-2/h10H,3-9H2,1-2H3. The molecule has 1 unspecified atom stereocenters. The van der Waals surface area contributed by atoms with Gasteiger partial charge < -0.3 is 10.1 Å². The van der Waals surface area contributed by atoms with Crippen molar-refractivity contribution in [1.82, 2.24) is 5.32 Å². The number of methoxy groups -OCH3 is 1. The van der Waals surface area contributed by atoms with Gasteiger partial charge in [0.2, 0.25) is 0 Å². The van der Waals surface area contributed by atoms with Crippen molar-refractivity contribution in [2.45, 2.75) is 19.8 Å². The highest BCUT2D eigenvalue weighted by Crippen LogP contribution is 1.87. The Morgan fingerprint density at radius 2 is 2.08 bits per heavy atom. The van der Waals surface area contributed by atoms with Crippen LogP contribution in [0.5, 0.6) is 0 Å². The summed E-state index contributed by atoms with van der Waals surface area (Å²) in [6, 6.07) is 0. The summed E-state index contributed by atoms with van der Waals surface area (Å²) >= 11 is 0. The van der Waals surface area contributed by atoms with Crippen molar-refractivity contribution in [1.29, 1.82) is 0 Å². The van der Waals surface area contributed by atoms with E-state index in [2.05, 4.69) is 12.2 Å². The SMILES string of the molecule is CCCNCCS(=O)CCCOC. The number of hydrogen-bond donors (Lipinski definition) is 1. The van der Waals surface area contributed by atoms with Gasteiger partial charge in [0.15, 0.2) is 0 Å². The molecule has 0 radical (unpaired) electrons. The lowest BCUT2D eigenvalue weighted by Crippen LogP contribution is -2.22. The van der Waals surface area contributed by atoms with Gasteiger partial charge in [-0.15, -0.1) is 0 Å². The van der Waals surface area contributed by atoms with E-state index in [1.54, 1.807) is 7.11 Å². The normalized spacial score (nSPS) is 13.1. The summed E-state index contributed by atoms with van der Waals surface area (Å²) in [7, 11) is 1.00. The van der Waals surface area contributed by atoms with Crippen LogP contribution in [-0.2, 0) is 15.5 Å². The molecule has 0 aromatic heterocycles. The Morgan fingerprint density at radius 3 is 2.69 bits per heavy atom. The summed E-state index contributed by atoms with van der Waals surface area (Å²) in [5, 5.41) is 3.23. The van der Waals surface area contributed by atoms with E-state index in [-0.39, 0.29) is 0 Å². The zero-order valence-electron chi connectivity index (χ0n) is 8.67. The molecule has 0 spiro atoms. The Morgan fingerprint density at radius 1 is 1.31 bits per heavy atom. The third-order valence-electron chi connectivity index (χ3n) is 1.65. The molecule has 0 saturated carbocycles. The van der Waals surface area contributed by atoms with Gasteiger partial charge >= 0.3 is 0 Å². The van der Waals surface area contributed by atoms with Crippen LogP contribution in [0, 0.1) is 0 Å². The van der Waals surface area contributed by atoms with E-state index in [0.717, 1.165) is 37.4 Å².